The largest absolute Gasteiger partial charge is 0.493 e. The van der Waals surface area contributed by atoms with Gasteiger partial charge in [-0.15, -0.1) is 0 Å². The number of ether oxygens (including phenoxy) is 1. The summed E-state index contributed by atoms with van der Waals surface area (Å²) in [6.07, 6.45) is 4.68. The van der Waals surface area contributed by atoms with Crippen molar-refractivity contribution in [2.45, 2.75) is 51.1 Å². The van der Waals surface area contributed by atoms with Crippen LogP contribution in [0.4, 0.5) is 0 Å². The normalized spacial score (nSPS) is 22.6. The number of hydrogen-bond donors (Lipinski definition) is 2. The van der Waals surface area contributed by atoms with Gasteiger partial charge in [0.1, 0.15) is 5.75 Å². The predicted octanol–water partition coefficient (Wildman–Crippen LogP) is 2.39. The molecule has 1 aromatic carbocycles. The standard InChI is InChI=1S/C17H27N3O/c1-3-17(2,20-9-4-5-10-20)16(19-18)14-6-7-15-13(12-14)8-11-21-15/h6-7,12,16,19H,3-5,8-11,18H2,1-2H3. The summed E-state index contributed by atoms with van der Waals surface area (Å²) in [4.78, 5) is 2.60. The lowest BCUT2D eigenvalue weighted by Gasteiger charge is -2.44. The number of nitrogens with two attached hydrogens (primary N) is 1. The smallest absolute Gasteiger partial charge is 0.122 e. The Bertz CT molecular complexity index is 499. The molecule has 0 aliphatic carbocycles. The number of likely N-dealkylation sites (tertiary alicyclic amines) is 1. The topological polar surface area (TPSA) is 50.5 Å². The van der Waals surface area contributed by atoms with Crippen molar-refractivity contribution in [3.8, 4) is 5.75 Å². The van der Waals surface area contributed by atoms with E-state index in [1.165, 1.54) is 37.1 Å². The average Bonchev–Trinajstić information content (AvgIpc) is 3.18. The molecule has 116 valence electrons. The molecule has 0 aromatic heterocycles. The molecule has 4 nitrogen and oxygen atoms in total. The summed E-state index contributed by atoms with van der Waals surface area (Å²) in [5, 5.41) is 0. The Morgan fingerprint density at radius 3 is 2.81 bits per heavy atom. The fraction of sp³-hybridized carbons (Fsp3) is 0.647. The van der Waals surface area contributed by atoms with Crippen LogP contribution >= 0.6 is 0 Å². The van der Waals surface area contributed by atoms with Crippen LogP contribution in [0.15, 0.2) is 18.2 Å². The number of hydrogen-bond acceptors (Lipinski definition) is 4. The van der Waals surface area contributed by atoms with Gasteiger partial charge in [-0.2, -0.15) is 0 Å². The van der Waals surface area contributed by atoms with Gasteiger partial charge >= 0.3 is 0 Å². The Balaban J connectivity index is 1.92. The monoisotopic (exact) mass is 289 g/mol. The van der Waals surface area contributed by atoms with Gasteiger partial charge in [-0.3, -0.25) is 16.2 Å². The van der Waals surface area contributed by atoms with Gasteiger partial charge in [0.15, 0.2) is 0 Å². The zero-order valence-corrected chi connectivity index (χ0v) is 13.2. The van der Waals surface area contributed by atoms with E-state index in [9.17, 15) is 0 Å². The van der Waals surface area contributed by atoms with E-state index >= 15 is 0 Å². The van der Waals surface area contributed by atoms with Crippen LogP contribution in [0.3, 0.4) is 0 Å². The van der Waals surface area contributed by atoms with Crippen LogP contribution in [0.25, 0.3) is 0 Å². The van der Waals surface area contributed by atoms with E-state index in [0.29, 0.717) is 0 Å². The van der Waals surface area contributed by atoms with Crippen molar-refractivity contribution in [2.24, 2.45) is 5.84 Å². The van der Waals surface area contributed by atoms with Gasteiger partial charge in [0, 0.05) is 12.0 Å². The summed E-state index contributed by atoms with van der Waals surface area (Å²) in [6.45, 7) is 7.76. The van der Waals surface area contributed by atoms with E-state index in [2.05, 4.69) is 42.4 Å². The maximum atomic E-state index is 5.97. The van der Waals surface area contributed by atoms with E-state index in [-0.39, 0.29) is 11.6 Å². The minimum atomic E-state index is 0.0545. The Kier molecular flexibility index (Phi) is 4.20. The van der Waals surface area contributed by atoms with Gasteiger partial charge < -0.3 is 4.74 Å². The lowest BCUT2D eigenvalue weighted by molar-refractivity contribution is 0.0840. The molecule has 1 saturated heterocycles. The Hall–Kier alpha value is -1.10. The van der Waals surface area contributed by atoms with Crippen molar-refractivity contribution in [3.05, 3.63) is 29.3 Å². The molecule has 2 atom stereocenters. The van der Waals surface area contributed by atoms with Crippen molar-refractivity contribution < 1.29 is 4.74 Å². The molecule has 2 heterocycles. The van der Waals surface area contributed by atoms with Crippen molar-refractivity contribution in [1.82, 2.24) is 10.3 Å². The zero-order chi connectivity index (χ0) is 14.9. The third-order valence-corrected chi connectivity index (χ3v) is 5.38. The number of fused-ring (bicyclic) bond motifs is 1. The molecular formula is C17H27N3O. The van der Waals surface area contributed by atoms with Crippen LogP contribution in [0.1, 0.15) is 50.3 Å². The Morgan fingerprint density at radius 1 is 1.38 bits per heavy atom. The summed E-state index contributed by atoms with van der Waals surface area (Å²) < 4.78 is 5.62. The van der Waals surface area contributed by atoms with Crippen LogP contribution in [0, 0.1) is 0 Å². The Morgan fingerprint density at radius 2 is 2.14 bits per heavy atom. The van der Waals surface area contributed by atoms with Gasteiger partial charge in [-0.25, -0.2) is 0 Å². The minimum Gasteiger partial charge on any atom is -0.493 e. The molecule has 21 heavy (non-hydrogen) atoms. The molecule has 3 N–H and O–H groups in total. The average molecular weight is 289 g/mol. The lowest BCUT2D eigenvalue weighted by Crippen LogP contribution is -2.54. The van der Waals surface area contributed by atoms with Gasteiger partial charge in [-0.05, 0) is 56.5 Å². The molecule has 4 heteroatoms. The van der Waals surface area contributed by atoms with Gasteiger partial charge in [0.25, 0.3) is 0 Å². The second-order valence-corrected chi connectivity index (χ2v) is 6.47. The zero-order valence-electron chi connectivity index (χ0n) is 13.2. The third-order valence-electron chi connectivity index (χ3n) is 5.38. The minimum absolute atomic E-state index is 0.0545. The van der Waals surface area contributed by atoms with Crippen LogP contribution in [0.2, 0.25) is 0 Å². The predicted molar refractivity (Wildman–Crippen MR) is 85.2 cm³/mol. The first kappa shape index (κ1) is 14.8. The number of nitrogens with one attached hydrogen (secondary N) is 1. The summed E-state index contributed by atoms with van der Waals surface area (Å²) in [6, 6.07) is 6.68. The van der Waals surface area contributed by atoms with E-state index in [0.717, 1.165) is 25.2 Å². The summed E-state index contributed by atoms with van der Waals surface area (Å²) in [5.74, 6) is 7.01. The molecule has 0 spiro atoms. The summed E-state index contributed by atoms with van der Waals surface area (Å²) in [7, 11) is 0. The SMILES string of the molecule is CCC(C)(C(NN)c1ccc2c(c1)CCO2)N1CCCC1. The Labute approximate surface area is 127 Å². The second kappa shape index (κ2) is 5.95. The van der Waals surface area contributed by atoms with Gasteiger partial charge in [0.05, 0.1) is 12.6 Å². The number of benzene rings is 1. The van der Waals surface area contributed by atoms with Gasteiger partial charge in [-0.1, -0.05) is 19.1 Å². The highest BCUT2D eigenvalue weighted by atomic mass is 16.5. The molecule has 2 aliphatic heterocycles. The molecule has 3 rings (SSSR count). The van der Waals surface area contributed by atoms with Crippen molar-refractivity contribution in [1.29, 1.82) is 0 Å². The fourth-order valence-electron chi connectivity index (χ4n) is 3.86. The molecule has 0 amide bonds. The number of hydrazine groups is 1. The molecule has 0 radical (unpaired) electrons. The highest BCUT2D eigenvalue weighted by Crippen LogP contribution is 2.38. The quantitative estimate of drug-likeness (QED) is 0.645. The van der Waals surface area contributed by atoms with Crippen LogP contribution < -0.4 is 16.0 Å². The van der Waals surface area contributed by atoms with E-state index < -0.39 is 0 Å². The van der Waals surface area contributed by atoms with Crippen molar-refractivity contribution in [3.63, 3.8) is 0 Å². The molecule has 2 aliphatic rings. The molecule has 2 unspecified atom stereocenters. The lowest BCUT2D eigenvalue weighted by atomic mass is 9.83. The first-order valence-corrected chi connectivity index (χ1v) is 8.16. The number of nitrogens with zero attached hydrogens (tertiary/aromatic N) is 1. The molecular weight excluding hydrogens is 262 g/mol. The summed E-state index contributed by atoms with van der Waals surface area (Å²) in [5.41, 5.74) is 5.74. The number of rotatable bonds is 5. The van der Waals surface area contributed by atoms with E-state index in [4.69, 9.17) is 10.6 Å². The molecule has 0 saturated carbocycles. The summed E-state index contributed by atoms with van der Waals surface area (Å²) >= 11 is 0. The maximum Gasteiger partial charge on any atom is 0.122 e. The van der Waals surface area contributed by atoms with E-state index in [1.54, 1.807) is 0 Å². The molecule has 1 fully saturated rings. The molecule has 0 bridgehead atoms. The fourth-order valence-corrected chi connectivity index (χ4v) is 3.86. The third kappa shape index (κ3) is 2.56. The first-order valence-electron chi connectivity index (χ1n) is 8.16. The van der Waals surface area contributed by atoms with Crippen LogP contribution in [-0.2, 0) is 6.42 Å². The highest BCUT2D eigenvalue weighted by Gasteiger charge is 2.40. The van der Waals surface area contributed by atoms with Crippen molar-refractivity contribution in [2.75, 3.05) is 19.7 Å². The molecule has 1 aromatic rings. The highest BCUT2D eigenvalue weighted by molar-refractivity contribution is 5.41. The second-order valence-electron chi connectivity index (χ2n) is 6.47. The maximum absolute atomic E-state index is 5.97. The van der Waals surface area contributed by atoms with Crippen molar-refractivity contribution >= 4 is 0 Å². The van der Waals surface area contributed by atoms with Crippen LogP contribution in [0.5, 0.6) is 5.75 Å². The van der Waals surface area contributed by atoms with E-state index in [1.807, 2.05) is 0 Å². The van der Waals surface area contributed by atoms with Crippen LogP contribution in [-0.4, -0.2) is 30.1 Å². The first-order chi connectivity index (χ1) is 10.2. The van der Waals surface area contributed by atoms with Gasteiger partial charge in [0.2, 0.25) is 0 Å².